The van der Waals surface area contributed by atoms with Crippen LogP contribution in [0.3, 0.4) is 0 Å². The minimum Gasteiger partial charge on any atom is -0.379 e. The minimum absolute atomic E-state index is 0.125. The molecule has 1 saturated heterocycles. The third kappa shape index (κ3) is 6.69. The van der Waals surface area contributed by atoms with E-state index in [1.165, 1.54) is 11.8 Å². The molecule has 0 spiro atoms. The largest absolute Gasteiger partial charge is 0.379 e. The van der Waals surface area contributed by atoms with Crippen LogP contribution in [0.15, 0.2) is 72.1 Å². The summed E-state index contributed by atoms with van der Waals surface area (Å²) in [6.45, 7) is 3.85. The SMILES string of the molecule is Cn1ccnc1SCC(=O)Nc1ccc(C(=O)N[C@@H](CN2CCOCC2)c2ccccc2)cc1. The second-order valence-electron chi connectivity index (χ2n) is 8.08. The Balaban J connectivity index is 1.34. The molecule has 1 aromatic heterocycles. The summed E-state index contributed by atoms with van der Waals surface area (Å²) in [5, 5.41) is 6.83. The van der Waals surface area contributed by atoms with E-state index in [0.717, 1.165) is 30.4 Å². The van der Waals surface area contributed by atoms with Gasteiger partial charge in [-0.3, -0.25) is 14.5 Å². The molecular weight excluding hydrogens is 450 g/mol. The van der Waals surface area contributed by atoms with Crippen molar-refractivity contribution < 1.29 is 14.3 Å². The first kappa shape index (κ1) is 24.0. The average molecular weight is 480 g/mol. The summed E-state index contributed by atoms with van der Waals surface area (Å²) in [5.74, 6) is -0.0157. The van der Waals surface area contributed by atoms with Gasteiger partial charge in [0.25, 0.3) is 5.91 Å². The van der Waals surface area contributed by atoms with E-state index >= 15 is 0 Å². The van der Waals surface area contributed by atoms with Crippen molar-refractivity contribution in [1.82, 2.24) is 19.8 Å². The summed E-state index contributed by atoms with van der Waals surface area (Å²) in [6.07, 6.45) is 3.54. The Kier molecular flexibility index (Phi) is 8.35. The molecule has 0 saturated carbocycles. The van der Waals surface area contributed by atoms with Crippen molar-refractivity contribution in [3.8, 4) is 0 Å². The lowest BCUT2D eigenvalue weighted by Gasteiger charge is -2.31. The molecule has 0 bridgehead atoms. The molecule has 1 aliphatic heterocycles. The number of benzene rings is 2. The van der Waals surface area contributed by atoms with Gasteiger partial charge in [-0.2, -0.15) is 0 Å². The third-order valence-electron chi connectivity index (χ3n) is 5.59. The summed E-state index contributed by atoms with van der Waals surface area (Å²) >= 11 is 1.37. The van der Waals surface area contributed by atoms with Gasteiger partial charge < -0.3 is 19.9 Å². The van der Waals surface area contributed by atoms with E-state index in [9.17, 15) is 9.59 Å². The molecule has 1 aliphatic rings. The van der Waals surface area contributed by atoms with Gasteiger partial charge in [-0.05, 0) is 29.8 Å². The Morgan fingerprint density at radius 3 is 2.50 bits per heavy atom. The molecular formula is C25H29N5O3S. The maximum atomic E-state index is 13.0. The maximum Gasteiger partial charge on any atom is 0.251 e. The molecule has 0 unspecified atom stereocenters. The molecule has 4 rings (SSSR count). The van der Waals surface area contributed by atoms with E-state index in [2.05, 4.69) is 20.5 Å². The summed E-state index contributed by atoms with van der Waals surface area (Å²) in [7, 11) is 1.89. The highest BCUT2D eigenvalue weighted by atomic mass is 32.2. The Hall–Kier alpha value is -3.14. The number of amides is 2. The molecule has 2 N–H and O–H groups in total. The minimum atomic E-state index is -0.148. The number of imidazole rings is 1. The fraction of sp³-hybridized carbons (Fsp3) is 0.320. The molecule has 8 nitrogen and oxygen atoms in total. The first-order chi connectivity index (χ1) is 16.6. The van der Waals surface area contributed by atoms with Gasteiger partial charge in [-0.15, -0.1) is 0 Å². The molecule has 1 atom stereocenters. The van der Waals surface area contributed by atoms with Crippen molar-refractivity contribution in [3.63, 3.8) is 0 Å². The van der Waals surface area contributed by atoms with Crippen LogP contribution >= 0.6 is 11.8 Å². The number of aromatic nitrogens is 2. The van der Waals surface area contributed by atoms with Crippen LogP contribution in [0.1, 0.15) is 22.0 Å². The van der Waals surface area contributed by atoms with Crippen LogP contribution < -0.4 is 10.6 Å². The van der Waals surface area contributed by atoms with Gasteiger partial charge in [0.2, 0.25) is 5.91 Å². The van der Waals surface area contributed by atoms with Crippen LogP contribution in [0.25, 0.3) is 0 Å². The number of anilines is 1. The van der Waals surface area contributed by atoms with Crippen LogP contribution in [0, 0.1) is 0 Å². The van der Waals surface area contributed by atoms with E-state index in [-0.39, 0.29) is 23.6 Å². The number of thioether (sulfide) groups is 1. The van der Waals surface area contributed by atoms with Gasteiger partial charge >= 0.3 is 0 Å². The predicted molar refractivity (Wildman–Crippen MR) is 133 cm³/mol. The van der Waals surface area contributed by atoms with Gasteiger partial charge in [0.15, 0.2) is 5.16 Å². The number of nitrogens with zero attached hydrogens (tertiary/aromatic N) is 3. The summed E-state index contributed by atoms with van der Waals surface area (Å²) < 4.78 is 7.32. The topological polar surface area (TPSA) is 88.5 Å². The highest BCUT2D eigenvalue weighted by Crippen LogP contribution is 2.18. The molecule has 9 heteroatoms. The quantitative estimate of drug-likeness (QED) is 0.459. The fourth-order valence-corrected chi connectivity index (χ4v) is 4.46. The van der Waals surface area contributed by atoms with Crippen LogP contribution in [-0.4, -0.2) is 64.9 Å². The van der Waals surface area contributed by atoms with Crippen molar-refractivity contribution in [1.29, 1.82) is 0 Å². The zero-order valence-corrected chi connectivity index (χ0v) is 20.0. The summed E-state index contributed by atoms with van der Waals surface area (Å²) in [6, 6.07) is 16.8. The Bertz CT molecular complexity index is 1080. The van der Waals surface area contributed by atoms with E-state index in [4.69, 9.17) is 4.74 Å². The molecule has 34 heavy (non-hydrogen) atoms. The predicted octanol–water partition coefficient (Wildman–Crippen LogP) is 2.95. The number of hydrogen-bond acceptors (Lipinski definition) is 6. The zero-order valence-electron chi connectivity index (χ0n) is 19.1. The first-order valence-corrected chi connectivity index (χ1v) is 12.2. The molecule has 1 fully saturated rings. The second-order valence-corrected chi connectivity index (χ2v) is 9.03. The van der Waals surface area contributed by atoms with Crippen molar-refractivity contribution in [3.05, 3.63) is 78.1 Å². The van der Waals surface area contributed by atoms with E-state index in [0.29, 0.717) is 24.5 Å². The van der Waals surface area contributed by atoms with Crippen LogP contribution in [0.2, 0.25) is 0 Å². The Morgan fingerprint density at radius 2 is 1.82 bits per heavy atom. The maximum absolute atomic E-state index is 13.0. The highest BCUT2D eigenvalue weighted by molar-refractivity contribution is 7.99. The summed E-state index contributed by atoms with van der Waals surface area (Å²) in [4.78, 5) is 31.8. The monoisotopic (exact) mass is 479 g/mol. The van der Waals surface area contributed by atoms with Gasteiger partial charge in [-0.25, -0.2) is 4.98 Å². The van der Waals surface area contributed by atoms with Crippen molar-refractivity contribution in [2.75, 3.05) is 43.9 Å². The van der Waals surface area contributed by atoms with Gasteiger partial charge in [0.1, 0.15) is 0 Å². The van der Waals surface area contributed by atoms with Crippen molar-refractivity contribution in [2.45, 2.75) is 11.2 Å². The number of morpholine rings is 1. The normalized spacial score (nSPS) is 15.0. The molecule has 3 aromatic rings. The van der Waals surface area contributed by atoms with E-state index in [1.54, 1.807) is 30.5 Å². The number of carbonyl (C=O) groups is 2. The lowest BCUT2D eigenvalue weighted by Crippen LogP contribution is -2.43. The van der Waals surface area contributed by atoms with E-state index in [1.807, 2.05) is 48.1 Å². The number of rotatable bonds is 9. The number of nitrogens with one attached hydrogen (secondary N) is 2. The molecule has 0 radical (unpaired) electrons. The zero-order chi connectivity index (χ0) is 23.8. The standard InChI is InChI=1S/C25H29N5O3S/c1-29-12-11-26-25(29)34-18-23(31)27-21-9-7-20(8-10-21)24(32)28-22(19-5-3-2-4-6-19)17-30-13-15-33-16-14-30/h2-12,22H,13-18H2,1H3,(H,27,31)(H,28,32)/t22-/m0/s1. The Labute approximate surface area is 203 Å². The van der Waals surface area contributed by atoms with Crippen molar-refractivity contribution in [2.24, 2.45) is 7.05 Å². The molecule has 0 aliphatic carbocycles. The first-order valence-electron chi connectivity index (χ1n) is 11.2. The smallest absolute Gasteiger partial charge is 0.251 e. The fourth-order valence-electron chi connectivity index (χ4n) is 3.73. The summed E-state index contributed by atoms with van der Waals surface area (Å²) in [5.41, 5.74) is 2.26. The average Bonchev–Trinajstić information content (AvgIpc) is 3.28. The van der Waals surface area contributed by atoms with Gasteiger partial charge in [0.05, 0.1) is 25.0 Å². The second kappa shape index (κ2) is 11.8. The molecule has 178 valence electrons. The number of ether oxygens (including phenoxy) is 1. The number of hydrogen-bond donors (Lipinski definition) is 2. The molecule has 2 aromatic carbocycles. The highest BCUT2D eigenvalue weighted by Gasteiger charge is 2.20. The Morgan fingerprint density at radius 1 is 1.09 bits per heavy atom. The number of aryl methyl sites for hydroxylation is 1. The lowest BCUT2D eigenvalue weighted by molar-refractivity contribution is -0.113. The lowest BCUT2D eigenvalue weighted by atomic mass is 10.1. The molecule has 2 heterocycles. The third-order valence-corrected chi connectivity index (χ3v) is 6.65. The molecule has 2 amide bonds. The van der Waals surface area contributed by atoms with Gasteiger partial charge in [0, 0.05) is 50.3 Å². The van der Waals surface area contributed by atoms with Crippen LogP contribution in [0.4, 0.5) is 5.69 Å². The van der Waals surface area contributed by atoms with Crippen molar-refractivity contribution >= 4 is 29.3 Å². The van der Waals surface area contributed by atoms with Gasteiger partial charge in [-0.1, -0.05) is 42.1 Å². The van der Waals surface area contributed by atoms with Crippen LogP contribution in [-0.2, 0) is 16.6 Å². The number of carbonyl (C=O) groups excluding carboxylic acids is 2. The van der Waals surface area contributed by atoms with E-state index < -0.39 is 0 Å². The van der Waals surface area contributed by atoms with Crippen LogP contribution in [0.5, 0.6) is 0 Å².